The molecular weight excluding hydrogens is 521 g/mol. The number of hydrogen-bond acceptors (Lipinski definition) is 8. The molecule has 0 spiro atoms. The second-order valence-electron chi connectivity index (χ2n) is 10.1. The second-order valence-corrected chi connectivity index (χ2v) is 10.1. The van der Waals surface area contributed by atoms with Crippen molar-refractivity contribution in [1.29, 1.82) is 0 Å². The van der Waals surface area contributed by atoms with E-state index in [9.17, 15) is 22.8 Å². The van der Waals surface area contributed by atoms with Crippen molar-refractivity contribution in [2.75, 3.05) is 26.8 Å². The van der Waals surface area contributed by atoms with Gasteiger partial charge in [-0.3, -0.25) is 4.79 Å². The number of alkyl halides is 3. The van der Waals surface area contributed by atoms with E-state index < -0.39 is 49.2 Å². The Hall–Kier alpha value is -3.68. The number of carbonyl (C=O) groups is 2. The van der Waals surface area contributed by atoms with E-state index in [1.807, 2.05) is 0 Å². The average Bonchev–Trinajstić information content (AvgIpc) is 3.53. The third-order valence-electron chi connectivity index (χ3n) is 7.27. The van der Waals surface area contributed by atoms with Crippen molar-refractivity contribution in [2.24, 2.45) is 5.92 Å². The lowest BCUT2D eigenvalue weighted by atomic mass is 9.83. The molecule has 11 nitrogen and oxygen atoms in total. The monoisotopic (exact) mass is 550 g/mol. The van der Waals surface area contributed by atoms with E-state index in [2.05, 4.69) is 30.6 Å². The van der Waals surface area contributed by atoms with Crippen LogP contribution in [0.1, 0.15) is 65.4 Å². The molecule has 3 amide bonds. The van der Waals surface area contributed by atoms with E-state index in [-0.39, 0.29) is 24.1 Å². The van der Waals surface area contributed by atoms with Crippen molar-refractivity contribution >= 4 is 23.0 Å². The summed E-state index contributed by atoms with van der Waals surface area (Å²) in [4.78, 5) is 31.1. The van der Waals surface area contributed by atoms with Crippen LogP contribution >= 0.6 is 0 Å². The first-order valence-electron chi connectivity index (χ1n) is 12.7. The van der Waals surface area contributed by atoms with Crippen LogP contribution in [0.2, 0.25) is 0 Å². The first-order valence-corrected chi connectivity index (χ1v) is 12.7. The third-order valence-corrected chi connectivity index (χ3v) is 7.27. The van der Waals surface area contributed by atoms with Crippen LogP contribution in [0.15, 0.2) is 27.2 Å². The molecular formula is C25H29F3N6O5. The number of nitrogens with zero attached hydrogens (tertiary/aromatic N) is 4. The molecule has 0 unspecified atom stereocenters. The molecule has 210 valence electrons. The molecule has 2 N–H and O–H groups in total. The molecule has 1 saturated heterocycles. The van der Waals surface area contributed by atoms with E-state index in [0.717, 1.165) is 4.90 Å². The van der Waals surface area contributed by atoms with Gasteiger partial charge in [0.15, 0.2) is 11.3 Å². The Bertz CT molecular complexity index is 1340. The normalized spacial score (nSPS) is 22.9. The summed E-state index contributed by atoms with van der Waals surface area (Å²) in [6.07, 6.45) is 0.837. The van der Waals surface area contributed by atoms with E-state index in [4.69, 9.17) is 9.15 Å². The molecule has 2 aromatic heterocycles. The van der Waals surface area contributed by atoms with Crippen LogP contribution < -0.4 is 10.6 Å². The Morgan fingerprint density at radius 2 is 2.05 bits per heavy atom. The van der Waals surface area contributed by atoms with Crippen LogP contribution in [0.25, 0.3) is 11.1 Å². The van der Waals surface area contributed by atoms with E-state index >= 15 is 0 Å². The highest BCUT2D eigenvalue weighted by molar-refractivity contribution is 5.93. The van der Waals surface area contributed by atoms with Gasteiger partial charge in [-0.2, -0.15) is 0 Å². The molecule has 0 bridgehead atoms. The second kappa shape index (κ2) is 10.8. The fourth-order valence-electron chi connectivity index (χ4n) is 5.20. The quantitative estimate of drug-likeness (QED) is 0.432. The lowest BCUT2D eigenvalue weighted by Crippen LogP contribution is -2.58. The fourth-order valence-corrected chi connectivity index (χ4v) is 5.20. The predicted octanol–water partition coefficient (Wildman–Crippen LogP) is 3.87. The molecule has 1 aliphatic carbocycles. The van der Waals surface area contributed by atoms with E-state index in [1.54, 1.807) is 25.1 Å². The van der Waals surface area contributed by atoms with Crippen molar-refractivity contribution < 1.29 is 36.5 Å². The summed E-state index contributed by atoms with van der Waals surface area (Å²) in [7, 11) is 1.42. The SMILES string of the molecule is COC[C@H](c1ccc2oc([C@@H](NC(=O)c3nonc3C)C3CCC(F)CC3)nc2c1)N1CC(F)(F)CNC1=O. The highest BCUT2D eigenvalue weighted by Crippen LogP contribution is 2.37. The smallest absolute Gasteiger partial charge is 0.318 e. The number of oxazole rings is 1. The number of rotatable bonds is 8. The molecule has 2 fully saturated rings. The maximum atomic E-state index is 14.1. The highest BCUT2D eigenvalue weighted by Gasteiger charge is 2.42. The van der Waals surface area contributed by atoms with Gasteiger partial charge < -0.3 is 24.7 Å². The van der Waals surface area contributed by atoms with E-state index in [0.29, 0.717) is 48.0 Å². The lowest BCUT2D eigenvalue weighted by Gasteiger charge is -2.38. The number of urea groups is 1. The van der Waals surface area contributed by atoms with Crippen LogP contribution in [0, 0.1) is 12.8 Å². The minimum Gasteiger partial charge on any atom is -0.438 e. The van der Waals surface area contributed by atoms with Crippen LogP contribution in [0.4, 0.5) is 18.0 Å². The number of amides is 3. The van der Waals surface area contributed by atoms with E-state index in [1.165, 1.54) is 7.11 Å². The van der Waals surface area contributed by atoms with Crippen molar-refractivity contribution in [3.05, 3.63) is 41.0 Å². The van der Waals surface area contributed by atoms with Gasteiger partial charge in [0.2, 0.25) is 5.89 Å². The number of benzene rings is 1. The van der Waals surface area contributed by atoms with Crippen LogP contribution in [-0.4, -0.2) is 71.0 Å². The number of aryl methyl sites for hydroxylation is 1. The maximum absolute atomic E-state index is 14.1. The summed E-state index contributed by atoms with van der Waals surface area (Å²) in [5.74, 6) is -3.54. The first kappa shape index (κ1) is 26.9. The zero-order chi connectivity index (χ0) is 27.7. The molecule has 2 aliphatic rings. The molecule has 39 heavy (non-hydrogen) atoms. The number of ether oxygens (including phenoxy) is 1. The summed E-state index contributed by atoms with van der Waals surface area (Å²) in [6, 6.07) is 2.84. The van der Waals surface area contributed by atoms with Gasteiger partial charge >= 0.3 is 6.03 Å². The molecule has 0 radical (unpaired) electrons. The largest absolute Gasteiger partial charge is 0.438 e. The summed E-state index contributed by atoms with van der Waals surface area (Å²) in [5.41, 5.74) is 1.68. The molecule has 1 saturated carbocycles. The zero-order valence-electron chi connectivity index (χ0n) is 21.5. The molecule has 1 aliphatic heterocycles. The van der Waals surface area contributed by atoms with Gasteiger partial charge in [-0.15, -0.1) is 0 Å². The topological polar surface area (TPSA) is 136 Å². The average molecular weight is 551 g/mol. The predicted molar refractivity (Wildman–Crippen MR) is 130 cm³/mol. The molecule has 14 heteroatoms. The number of hydrogen-bond donors (Lipinski definition) is 2. The molecule has 1 aromatic carbocycles. The van der Waals surface area contributed by atoms with Gasteiger partial charge in [-0.1, -0.05) is 11.2 Å². The standard InChI is InChI=1S/C25H29F3N6O5/c1-13-20(33-39-32-13)22(35)31-21(14-3-6-16(26)7-4-14)23-30-17-9-15(5-8-19(17)38-23)18(10-37-2)34-12-25(27,28)11-29-24(34)36/h5,8-9,14,16,18,21H,3-4,6-7,10-12H2,1-2H3,(H,29,36)(H,31,35)/t14?,16?,18-,21+/m1/s1. The van der Waals surface area contributed by atoms with Gasteiger partial charge in [0.25, 0.3) is 11.8 Å². The maximum Gasteiger partial charge on any atom is 0.318 e. The number of methoxy groups -OCH3 is 1. The fraction of sp³-hybridized carbons (Fsp3) is 0.560. The Morgan fingerprint density at radius 1 is 1.28 bits per heavy atom. The summed E-state index contributed by atoms with van der Waals surface area (Å²) >= 11 is 0. The van der Waals surface area contributed by atoms with Gasteiger partial charge in [0.1, 0.15) is 23.4 Å². The van der Waals surface area contributed by atoms with Crippen LogP contribution in [0.5, 0.6) is 0 Å². The van der Waals surface area contributed by atoms with Gasteiger partial charge in [0, 0.05) is 7.11 Å². The van der Waals surface area contributed by atoms with Gasteiger partial charge in [-0.05, 0) is 61.4 Å². The Kier molecular flexibility index (Phi) is 7.47. The highest BCUT2D eigenvalue weighted by atomic mass is 19.3. The van der Waals surface area contributed by atoms with Crippen LogP contribution in [-0.2, 0) is 4.74 Å². The summed E-state index contributed by atoms with van der Waals surface area (Å²) in [6.45, 7) is 0.0895. The van der Waals surface area contributed by atoms with Crippen molar-refractivity contribution in [3.63, 3.8) is 0 Å². The van der Waals surface area contributed by atoms with Crippen molar-refractivity contribution in [3.8, 4) is 0 Å². The summed E-state index contributed by atoms with van der Waals surface area (Å²) < 4.78 is 58.1. The van der Waals surface area contributed by atoms with Crippen molar-refractivity contribution in [1.82, 2.24) is 30.8 Å². The summed E-state index contributed by atoms with van der Waals surface area (Å²) in [5, 5.41) is 12.4. The number of carbonyl (C=O) groups excluding carboxylic acids is 2. The number of aromatic nitrogens is 3. The van der Waals surface area contributed by atoms with Crippen LogP contribution in [0.3, 0.4) is 0 Å². The number of halogens is 3. The molecule has 3 heterocycles. The third kappa shape index (κ3) is 5.70. The van der Waals surface area contributed by atoms with Gasteiger partial charge in [-0.25, -0.2) is 27.6 Å². The first-order chi connectivity index (χ1) is 18.6. The molecule has 2 atom stereocenters. The van der Waals surface area contributed by atoms with Crippen molar-refractivity contribution in [2.45, 2.75) is 56.8 Å². The molecule has 5 rings (SSSR count). The Morgan fingerprint density at radius 3 is 2.74 bits per heavy atom. The Labute approximate surface area is 221 Å². The minimum absolute atomic E-state index is 0.0179. The van der Waals surface area contributed by atoms with Gasteiger partial charge in [0.05, 0.1) is 25.7 Å². The lowest BCUT2D eigenvalue weighted by molar-refractivity contribution is -0.0509. The number of nitrogens with one attached hydrogen (secondary N) is 2. The molecule has 3 aromatic rings. The number of fused-ring (bicyclic) bond motifs is 1. The zero-order valence-corrected chi connectivity index (χ0v) is 21.5. The Balaban J connectivity index is 1.46. The minimum atomic E-state index is -3.09.